The molecule has 2 fully saturated rings. The molecule has 4 rings (SSSR count). The number of methoxy groups -OCH3 is 1. The number of benzene rings is 1. The van der Waals surface area contributed by atoms with E-state index in [1.54, 1.807) is 30.3 Å². The van der Waals surface area contributed by atoms with E-state index in [2.05, 4.69) is 4.98 Å². The summed E-state index contributed by atoms with van der Waals surface area (Å²) in [5, 5.41) is 0. The fourth-order valence-electron chi connectivity index (χ4n) is 4.62. The maximum atomic E-state index is 13.2. The normalized spacial score (nSPS) is 22.8. The van der Waals surface area contributed by atoms with Gasteiger partial charge in [0.05, 0.1) is 19.7 Å². The molecule has 0 aliphatic carbocycles. The van der Waals surface area contributed by atoms with Gasteiger partial charge in [0.15, 0.2) is 5.78 Å². The number of aromatic nitrogens is 1. The highest BCUT2D eigenvalue weighted by Gasteiger charge is 2.57. The number of Topliss-reactive ketones (excluding diaryl/α,β-unsaturated/α-hetero) is 1. The number of hydrogen-bond donors (Lipinski definition) is 0. The van der Waals surface area contributed by atoms with Crippen LogP contribution in [0.2, 0.25) is 0 Å². The lowest BCUT2D eigenvalue weighted by Crippen LogP contribution is -2.44. The molecule has 2 aromatic rings. The molecule has 0 radical (unpaired) electrons. The van der Waals surface area contributed by atoms with Gasteiger partial charge >= 0.3 is 12.3 Å². The Bertz CT molecular complexity index is 1070. The number of nitrogens with zero attached hydrogens (tertiary/aromatic N) is 3. The third-order valence-corrected chi connectivity index (χ3v) is 5.99. The number of alkyl halides is 3. The van der Waals surface area contributed by atoms with Crippen LogP contribution in [0, 0.1) is 6.92 Å². The van der Waals surface area contributed by atoms with E-state index < -0.39 is 36.0 Å². The van der Waals surface area contributed by atoms with E-state index in [4.69, 9.17) is 4.74 Å². The Balaban J connectivity index is 1.77. The smallest absolute Gasteiger partial charge is 0.433 e. The Morgan fingerprint density at radius 3 is 2.38 bits per heavy atom. The van der Waals surface area contributed by atoms with Crippen LogP contribution in [0.15, 0.2) is 42.5 Å². The second-order valence-electron chi connectivity index (χ2n) is 7.80. The van der Waals surface area contributed by atoms with E-state index in [1.807, 2.05) is 0 Å². The number of amides is 2. The van der Waals surface area contributed by atoms with Gasteiger partial charge in [-0.3, -0.25) is 14.5 Å². The van der Waals surface area contributed by atoms with Crippen LogP contribution in [0.4, 0.5) is 18.0 Å². The van der Waals surface area contributed by atoms with Crippen molar-refractivity contribution in [3.8, 4) is 0 Å². The molecule has 0 bridgehead atoms. The van der Waals surface area contributed by atoms with Gasteiger partial charge in [0, 0.05) is 23.7 Å². The summed E-state index contributed by atoms with van der Waals surface area (Å²) in [6.45, 7) is 1.25. The summed E-state index contributed by atoms with van der Waals surface area (Å²) in [5.41, 5.74) is -0.0852. The van der Waals surface area contributed by atoms with Gasteiger partial charge in [0.25, 0.3) is 5.91 Å². The lowest BCUT2D eigenvalue weighted by Gasteiger charge is -2.28. The number of likely N-dealkylation sites (tertiary alicyclic amines) is 2. The molecule has 3 atom stereocenters. The van der Waals surface area contributed by atoms with E-state index in [1.165, 1.54) is 29.9 Å². The zero-order chi connectivity index (χ0) is 23.2. The molecule has 3 heterocycles. The first kappa shape index (κ1) is 21.8. The summed E-state index contributed by atoms with van der Waals surface area (Å²) >= 11 is 0. The van der Waals surface area contributed by atoms with E-state index >= 15 is 0 Å². The lowest BCUT2D eigenvalue weighted by atomic mass is 9.90. The number of ketones is 1. The average Bonchev–Trinajstić information content (AvgIpc) is 3.31. The second kappa shape index (κ2) is 7.92. The van der Waals surface area contributed by atoms with Crippen LogP contribution in [-0.4, -0.2) is 64.9 Å². The molecule has 1 aromatic carbocycles. The molecule has 7 nitrogen and oxygen atoms in total. The Morgan fingerprint density at radius 2 is 1.78 bits per heavy atom. The molecule has 0 spiro atoms. The molecular weight excluding hydrogens is 427 g/mol. The van der Waals surface area contributed by atoms with E-state index in [9.17, 15) is 27.6 Å². The molecule has 2 amide bonds. The van der Waals surface area contributed by atoms with Crippen molar-refractivity contribution in [3.05, 3.63) is 65.0 Å². The predicted molar refractivity (Wildman–Crippen MR) is 106 cm³/mol. The number of halogens is 3. The average molecular weight is 447 g/mol. The minimum atomic E-state index is -4.60. The highest BCUT2D eigenvalue weighted by molar-refractivity contribution is 6.02. The molecule has 32 heavy (non-hydrogen) atoms. The van der Waals surface area contributed by atoms with E-state index in [0.717, 1.165) is 6.07 Å². The molecule has 2 saturated heterocycles. The van der Waals surface area contributed by atoms with Gasteiger partial charge < -0.3 is 9.64 Å². The third-order valence-electron chi connectivity index (χ3n) is 5.99. The number of carbonyl (C=O) groups excluding carboxylic acids is 3. The van der Waals surface area contributed by atoms with Crippen molar-refractivity contribution in [2.75, 3.05) is 20.2 Å². The molecule has 168 valence electrons. The number of fused-ring (bicyclic) bond motifs is 1. The Hall–Kier alpha value is -3.43. The summed E-state index contributed by atoms with van der Waals surface area (Å²) in [6, 6.07) is 8.87. The monoisotopic (exact) mass is 447 g/mol. The fourth-order valence-corrected chi connectivity index (χ4v) is 4.62. The minimum absolute atomic E-state index is 0.0141. The Morgan fingerprint density at radius 1 is 1.09 bits per heavy atom. The van der Waals surface area contributed by atoms with E-state index in [-0.39, 0.29) is 30.5 Å². The molecule has 2 aliphatic rings. The van der Waals surface area contributed by atoms with Crippen molar-refractivity contribution < 1.29 is 32.3 Å². The second-order valence-corrected chi connectivity index (χ2v) is 7.80. The maximum Gasteiger partial charge on any atom is 0.433 e. The zero-order valence-corrected chi connectivity index (χ0v) is 17.3. The number of rotatable bonds is 2. The van der Waals surface area contributed by atoms with Crippen LogP contribution in [0.25, 0.3) is 0 Å². The number of pyridine rings is 1. The molecular formula is C22H20F3N3O4. The van der Waals surface area contributed by atoms with Crippen LogP contribution in [0.3, 0.4) is 0 Å². The van der Waals surface area contributed by atoms with Gasteiger partial charge in [-0.1, -0.05) is 24.3 Å². The highest BCUT2D eigenvalue weighted by Crippen LogP contribution is 2.42. The predicted octanol–water partition coefficient (Wildman–Crippen LogP) is 3.04. The first-order valence-corrected chi connectivity index (χ1v) is 9.91. The summed E-state index contributed by atoms with van der Waals surface area (Å²) in [4.78, 5) is 44.8. The van der Waals surface area contributed by atoms with Crippen LogP contribution >= 0.6 is 0 Å². The van der Waals surface area contributed by atoms with E-state index in [0.29, 0.717) is 11.1 Å². The van der Waals surface area contributed by atoms with Crippen molar-refractivity contribution in [3.63, 3.8) is 0 Å². The largest absolute Gasteiger partial charge is 0.453 e. The SMILES string of the molecule is COC(=O)N1CC(c2ccc(C(F)(F)F)nc2C)[C@@H]2[C@H]1C(=O)CN2C(=O)c1ccccc1. The van der Waals surface area contributed by atoms with Crippen molar-refractivity contribution in [2.24, 2.45) is 0 Å². The van der Waals surface area contributed by atoms with Crippen LogP contribution in [0.5, 0.6) is 0 Å². The van der Waals surface area contributed by atoms with Crippen LogP contribution in [0.1, 0.15) is 33.2 Å². The molecule has 1 unspecified atom stereocenters. The van der Waals surface area contributed by atoms with Gasteiger partial charge in [-0.2, -0.15) is 13.2 Å². The summed E-state index contributed by atoms with van der Waals surface area (Å²) in [6.07, 6.45) is -5.33. The van der Waals surface area contributed by atoms with Crippen LogP contribution < -0.4 is 0 Å². The first-order chi connectivity index (χ1) is 15.1. The van der Waals surface area contributed by atoms with Gasteiger partial charge in [0.1, 0.15) is 11.7 Å². The Kier molecular flexibility index (Phi) is 5.39. The van der Waals surface area contributed by atoms with Crippen molar-refractivity contribution in [1.29, 1.82) is 0 Å². The number of aryl methyl sites for hydroxylation is 1. The molecule has 2 aliphatic heterocycles. The zero-order valence-electron chi connectivity index (χ0n) is 17.3. The number of carbonyl (C=O) groups is 3. The van der Waals surface area contributed by atoms with Crippen molar-refractivity contribution in [1.82, 2.24) is 14.8 Å². The number of hydrogen-bond acceptors (Lipinski definition) is 5. The number of ether oxygens (including phenoxy) is 1. The minimum Gasteiger partial charge on any atom is -0.453 e. The third kappa shape index (κ3) is 3.59. The summed E-state index contributed by atoms with van der Waals surface area (Å²) in [5.74, 6) is -1.32. The topological polar surface area (TPSA) is 79.8 Å². The van der Waals surface area contributed by atoms with Gasteiger partial charge in [-0.25, -0.2) is 9.78 Å². The van der Waals surface area contributed by atoms with Gasteiger partial charge in [0.2, 0.25) is 0 Å². The lowest BCUT2D eigenvalue weighted by molar-refractivity contribution is -0.141. The standard InChI is InChI=1S/C22H20F3N3O4/c1-12-14(8-9-17(26-12)22(23,24)25)15-10-28(21(31)32-2)19-16(29)11-27(18(15)19)20(30)13-6-4-3-5-7-13/h3-9,15,18-19H,10-11H2,1-2H3/t15?,18-,19-/m1/s1. The van der Waals surface area contributed by atoms with Gasteiger partial charge in [-0.05, 0) is 30.7 Å². The summed E-state index contributed by atoms with van der Waals surface area (Å²) in [7, 11) is 1.18. The van der Waals surface area contributed by atoms with Crippen molar-refractivity contribution >= 4 is 17.8 Å². The van der Waals surface area contributed by atoms with Gasteiger partial charge in [-0.15, -0.1) is 0 Å². The molecule has 10 heteroatoms. The van der Waals surface area contributed by atoms with Crippen molar-refractivity contribution in [2.45, 2.75) is 31.1 Å². The quantitative estimate of drug-likeness (QED) is 0.707. The maximum absolute atomic E-state index is 13.2. The Labute approximate surface area is 181 Å². The fraction of sp³-hybridized carbons (Fsp3) is 0.364. The highest BCUT2D eigenvalue weighted by atomic mass is 19.4. The first-order valence-electron chi connectivity index (χ1n) is 9.91. The molecule has 0 N–H and O–H groups in total. The molecule has 0 saturated carbocycles. The van der Waals surface area contributed by atoms with Crippen LogP contribution in [-0.2, 0) is 15.7 Å². The summed E-state index contributed by atoms with van der Waals surface area (Å²) < 4.78 is 44.1. The molecule has 1 aromatic heterocycles.